The summed E-state index contributed by atoms with van der Waals surface area (Å²) >= 11 is 1.11. The van der Waals surface area contributed by atoms with Crippen LogP contribution in [0.25, 0.3) is 0 Å². The fourth-order valence-corrected chi connectivity index (χ4v) is 3.63. The van der Waals surface area contributed by atoms with Gasteiger partial charge in [0.05, 0.1) is 13.7 Å². The lowest BCUT2D eigenvalue weighted by Gasteiger charge is -2.29. The highest BCUT2D eigenvalue weighted by molar-refractivity contribution is 8.13. The van der Waals surface area contributed by atoms with E-state index >= 15 is 0 Å². The molecule has 0 rings (SSSR count). The summed E-state index contributed by atoms with van der Waals surface area (Å²) in [5.74, 6) is -0.996. The summed E-state index contributed by atoms with van der Waals surface area (Å²) in [4.78, 5) is 64.0. The summed E-state index contributed by atoms with van der Waals surface area (Å²) in [7, 11) is -3.40. The number of thioether (sulfide) groups is 1. The van der Waals surface area contributed by atoms with Gasteiger partial charge in [0.15, 0.2) is 5.12 Å². The Labute approximate surface area is 197 Å². The van der Waals surface area contributed by atoms with Gasteiger partial charge in [-0.05, 0) is 12.8 Å². The van der Waals surface area contributed by atoms with Crippen molar-refractivity contribution in [1.82, 2.24) is 10.6 Å². The molecule has 5 N–H and O–H groups in total. The molecule has 0 aliphatic heterocycles. The van der Waals surface area contributed by atoms with Crippen LogP contribution in [0.5, 0.6) is 0 Å². The number of esters is 1. The van der Waals surface area contributed by atoms with E-state index in [0.29, 0.717) is 31.4 Å². The van der Waals surface area contributed by atoms with Crippen LogP contribution < -0.4 is 10.6 Å². The van der Waals surface area contributed by atoms with Gasteiger partial charge in [0, 0.05) is 43.5 Å². The van der Waals surface area contributed by atoms with E-state index in [4.69, 9.17) is 9.79 Å². The molecule has 12 nitrogen and oxygen atoms in total. The second-order valence-electron chi connectivity index (χ2n) is 7.90. The molecule has 0 aromatic rings. The first-order chi connectivity index (χ1) is 15.3. The third-order valence-corrected chi connectivity index (χ3v) is 5.82. The summed E-state index contributed by atoms with van der Waals surface area (Å²) in [5, 5.41) is 15.1. The zero-order valence-electron chi connectivity index (χ0n) is 19.2. The van der Waals surface area contributed by atoms with Crippen LogP contribution in [-0.4, -0.2) is 76.5 Å². The maximum Gasteiger partial charge on any atom is 0.469 e. The van der Waals surface area contributed by atoms with Crippen LogP contribution in [0.2, 0.25) is 0 Å². The summed E-state index contributed by atoms with van der Waals surface area (Å²) in [6.45, 7) is 2.49. The van der Waals surface area contributed by atoms with Crippen LogP contribution in [0.1, 0.15) is 52.4 Å². The Morgan fingerprint density at radius 3 is 2.24 bits per heavy atom. The molecule has 0 aromatic carbocycles. The molecule has 14 heteroatoms. The molecule has 1 atom stereocenters. The van der Waals surface area contributed by atoms with E-state index in [1.807, 2.05) is 0 Å². The molecule has 0 unspecified atom stereocenters. The fourth-order valence-electron chi connectivity index (χ4n) is 2.41. The molecule has 0 fully saturated rings. The normalized spacial score (nSPS) is 12.7. The third-order valence-electron chi connectivity index (χ3n) is 4.42. The third kappa shape index (κ3) is 16.7. The molecule has 0 heterocycles. The number of rotatable bonds is 17. The minimum atomic E-state index is -4.73. The number of hydrogen-bond donors (Lipinski definition) is 5. The SMILES string of the molecule is COC(=O)CCCCCC(=O)SCCNC(=O)CCNC(=O)[C@@H](O)C(C)(C)COP(=O)(O)O. The Balaban J connectivity index is 3.92. The van der Waals surface area contributed by atoms with E-state index in [0.717, 1.165) is 18.2 Å². The molecule has 192 valence electrons. The number of ether oxygens (including phenoxy) is 1. The Bertz CT molecular complexity index is 698. The van der Waals surface area contributed by atoms with E-state index in [-0.39, 0.29) is 36.5 Å². The molecule has 0 saturated carbocycles. The molecular formula is C19H35N2O10PS. The lowest BCUT2D eigenvalue weighted by atomic mass is 9.87. The fraction of sp³-hybridized carbons (Fsp3) is 0.789. The van der Waals surface area contributed by atoms with Crippen LogP contribution in [0, 0.1) is 5.41 Å². The van der Waals surface area contributed by atoms with Crippen molar-refractivity contribution >= 4 is 42.5 Å². The predicted molar refractivity (Wildman–Crippen MR) is 121 cm³/mol. The molecule has 0 aliphatic carbocycles. The van der Waals surface area contributed by atoms with Crippen molar-refractivity contribution in [3.05, 3.63) is 0 Å². The van der Waals surface area contributed by atoms with Gasteiger partial charge in [-0.1, -0.05) is 32.0 Å². The number of aliphatic hydroxyl groups excluding tert-OH is 1. The van der Waals surface area contributed by atoms with Gasteiger partial charge in [0.1, 0.15) is 6.10 Å². The first-order valence-corrected chi connectivity index (χ1v) is 12.9. The first kappa shape index (κ1) is 31.5. The van der Waals surface area contributed by atoms with Gasteiger partial charge in [-0.25, -0.2) is 4.57 Å². The van der Waals surface area contributed by atoms with Gasteiger partial charge in [-0.2, -0.15) is 0 Å². The monoisotopic (exact) mass is 514 g/mol. The number of phosphoric ester groups is 1. The van der Waals surface area contributed by atoms with Crippen LogP contribution in [0.15, 0.2) is 0 Å². The predicted octanol–water partition coefficient (Wildman–Crippen LogP) is 0.489. The van der Waals surface area contributed by atoms with Gasteiger partial charge >= 0.3 is 13.8 Å². The Hall–Kier alpha value is -1.50. The quantitative estimate of drug-likeness (QED) is 0.103. The molecule has 0 aliphatic rings. The molecule has 0 aromatic heterocycles. The number of carbonyl (C=O) groups excluding carboxylic acids is 4. The van der Waals surface area contributed by atoms with Gasteiger partial charge < -0.3 is 30.3 Å². The molecule has 0 bridgehead atoms. The standard InChI is InChI=1S/C19H35N2O10PS/c1-19(2,13-31-32(27,28)29)17(25)18(26)21-10-9-14(22)20-11-12-33-16(24)8-6-4-5-7-15(23)30-3/h17,25H,4-13H2,1-3H3,(H,20,22)(H,21,26)(H2,27,28,29)/t17-/m1/s1. The summed E-state index contributed by atoms with van der Waals surface area (Å²) in [5.41, 5.74) is -1.27. The summed E-state index contributed by atoms with van der Waals surface area (Å²) in [6, 6.07) is 0. The number of unbranched alkanes of at least 4 members (excludes halogenated alkanes) is 2. The van der Waals surface area contributed by atoms with E-state index < -0.39 is 31.9 Å². The largest absolute Gasteiger partial charge is 0.469 e. The Kier molecular flexibility index (Phi) is 15.4. The topological polar surface area (TPSA) is 189 Å². The van der Waals surface area contributed by atoms with Crippen molar-refractivity contribution in [2.75, 3.05) is 32.6 Å². The van der Waals surface area contributed by atoms with Crippen molar-refractivity contribution < 1.29 is 47.9 Å². The van der Waals surface area contributed by atoms with Gasteiger partial charge in [0.2, 0.25) is 11.8 Å². The second kappa shape index (κ2) is 16.2. The molecule has 2 amide bonds. The minimum Gasteiger partial charge on any atom is -0.469 e. The number of amides is 2. The van der Waals surface area contributed by atoms with Gasteiger partial charge in [-0.15, -0.1) is 0 Å². The van der Waals surface area contributed by atoms with Crippen molar-refractivity contribution in [2.45, 2.75) is 58.5 Å². The zero-order valence-corrected chi connectivity index (χ0v) is 20.9. The molecule has 33 heavy (non-hydrogen) atoms. The first-order valence-electron chi connectivity index (χ1n) is 10.4. The van der Waals surface area contributed by atoms with Crippen LogP contribution >= 0.6 is 19.6 Å². The maximum absolute atomic E-state index is 12.0. The van der Waals surface area contributed by atoms with Crippen molar-refractivity contribution in [3.63, 3.8) is 0 Å². The molecular weight excluding hydrogens is 479 g/mol. The highest BCUT2D eigenvalue weighted by atomic mass is 32.2. The van der Waals surface area contributed by atoms with E-state index in [2.05, 4.69) is 19.9 Å². The van der Waals surface area contributed by atoms with E-state index in [1.165, 1.54) is 21.0 Å². The van der Waals surface area contributed by atoms with E-state index in [1.54, 1.807) is 0 Å². The summed E-state index contributed by atoms with van der Waals surface area (Å²) in [6.07, 6.45) is 1.20. The average Bonchev–Trinajstić information content (AvgIpc) is 2.73. The number of methoxy groups -OCH3 is 1. The minimum absolute atomic E-state index is 0.00825. The van der Waals surface area contributed by atoms with Crippen LogP contribution in [0.3, 0.4) is 0 Å². The lowest BCUT2D eigenvalue weighted by Crippen LogP contribution is -2.46. The Morgan fingerprint density at radius 1 is 1.00 bits per heavy atom. The number of aliphatic hydroxyl groups is 1. The maximum atomic E-state index is 12.0. The van der Waals surface area contributed by atoms with Gasteiger partial charge in [0.25, 0.3) is 0 Å². The van der Waals surface area contributed by atoms with Crippen LogP contribution in [-0.2, 0) is 33.0 Å². The molecule has 0 radical (unpaired) electrons. The average molecular weight is 515 g/mol. The number of phosphoric acid groups is 1. The lowest BCUT2D eigenvalue weighted by molar-refractivity contribution is -0.140. The number of hydrogen-bond acceptors (Lipinski definition) is 9. The Morgan fingerprint density at radius 2 is 1.64 bits per heavy atom. The van der Waals surface area contributed by atoms with E-state index in [9.17, 15) is 28.8 Å². The number of carbonyl (C=O) groups is 4. The van der Waals surface area contributed by atoms with Crippen molar-refractivity contribution in [2.24, 2.45) is 5.41 Å². The molecule has 0 saturated heterocycles. The van der Waals surface area contributed by atoms with Crippen molar-refractivity contribution in [3.8, 4) is 0 Å². The highest BCUT2D eigenvalue weighted by Gasteiger charge is 2.35. The smallest absolute Gasteiger partial charge is 0.469 e. The summed E-state index contributed by atoms with van der Waals surface area (Å²) < 4.78 is 19.7. The van der Waals surface area contributed by atoms with Crippen molar-refractivity contribution in [1.29, 1.82) is 0 Å². The van der Waals surface area contributed by atoms with Gasteiger partial charge in [-0.3, -0.25) is 23.7 Å². The second-order valence-corrected chi connectivity index (χ2v) is 10.3. The van der Waals surface area contributed by atoms with Crippen LogP contribution in [0.4, 0.5) is 0 Å². The molecule has 0 spiro atoms. The zero-order chi connectivity index (χ0) is 25.5. The highest BCUT2D eigenvalue weighted by Crippen LogP contribution is 2.38. The number of nitrogens with one attached hydrogen (secondary N) is 2.